The van der Waals surface area contributed by atoms with Crippen molar-refractivity contribution in [2.75, 3.05) is 5.73 Å². The lowest BCUT2D eigenvalue weighted by Crippen LogP contribution is -2.18. The molecule has 1 aromatic carbocycles. The van der Waals surface area contributed by atoms with Gasteiger partial charge in [-0.15, -0.1) is 13.2 Å². The maximum atomic E-state index is 11.9. The largest absolute Gasteiger partial charge is 0.573 e. The number of hydrogen-bond donors (Lipinski definition) is 2. The zero-order valence-electron chi connectivity index (χ0n) is 8.91. The lowest BCUT2D eigenvalue weighted by atomic mass is 10.2. The van der Waals surface area contributed by atoms with Crippen LogP contribution in [0.15, 0.2) is 18.2 Å². The van der Waals surface area contributed by atoms with Crippen molar-refractivity contribution in [1.82, 2.24) is 0 Å². The molecule has 0 bridgehead atoms. The number of rotatable bonds is 2. The van der Waals surface area contributed by atoms with Crippen LogP contribution in [0.25, 0.3) is 0 Å². The number of carboxylic acid groups (broad SMARTS) is 1. The third kappa shape index (κ3) is 4.65. The molecule has 0 radical (unpaired) electrons. The average molecular weight is 259 g/mol. The molecule has 0 saturated carbocycles. The summed E-state index contributed by atoms with van der Waals surface area (Å²) in [6, 6.07) is 3.45. The standard InChI is InChI=1S/C11H8F3NO3/c12-11(13,14)18-9-5-4-7(6-8(9)15)2-1-3-10(16)17/h4-6H,3,15H2,(H,16,17). The Morgan fingerprint density at radius 2 is 2.11 bits per heavy atom. The number of anilines is 1. The van der Waals surface area contributed by atoms with Gasteiger partial charge in [0.15, 0.2) is 5.75 Å². The molecule has 0 heterocycles. The first kappa shape index (κ1) is 13.7. The number of nitrogen functional groups attached to an aromatic ring is 1. The van der Waals surface area contributed by atoms with Gasteiger partial charge in [-0.1, -0.05) is 11.8 Å². The lowest BCUT2D eigenvalue weighted by molar-refractivity contribution is -0.274. The molecular weight excluding hydrogens is 251 g/mol. The van der Waals surface area contributed by atoms with Crippen molar-refractivity contribution >= 4 is 11.7 Å². The molecule has 0 aromatic heterocycles. The molecule has 1 aromatic rings. The fourth-order valence-electron chi connectivity index (χ4n) is 1.07. The Balaban J connectivity index is 2.85. The van der Waals surface area contributed by atoms with Gasteiger partial charge in [0.1, 0.15) is 6.42 Å². The van der Waals surface area contributed by atoms with Gasteiger partial charge in [-0.25, -0.2) is 0 Å². The smallest absolute Gasteiger partial charge is 0.481 e. The minimum absolute atomic E-state index is 0.227. The quantitative estimate of drug-likeness (QED) is 0.629. The molecule has 96 valence electrons. The van der Waals surface area contributed by atoms with Gasteiger partial charge in [0.25, 0.3) is 0 Å². The Morgan fingerprint density at radius 3 is 2.61 bits per heavy atom. The number of halogens is 3. The predicted molar refractivity (Wildman–Crippen MR) is 56.7 cm³/mol. The SMILES string of the molecule is Nc1cc(C#CCC(=O)O)ccc1OC(F)(F)F. The Bertz CT molecular complexity index is 514. The van der Waals surface area contributed by atoms with Crippen LogP contribution in [-0.4, -0.2) is 17.4 Å². The van der Waals surface area contributed by atoms with Gasteiger partial charge in [-0.05, 0) is 18.2 Å². The molecular formula is C11H8F3NO3. The van der Waals surface area contributed by atoms with E-state index in [9.17, 15) is 18.0 Å². The highest BCUT2D eigenvalue weighted by molar-refractivity contribution is 5.70. The number of hydrogen-bond acceptors (Lipinski definition) is 3. The molecule has 1 rings (SSSR count). The maximum absolute atomic E-state index is 11.9. The molecule has 3 N–H and O–H groups in total. The molecule has 0 saturated heterocycles. The van der Waals surface area contributed by atoms with Crippen LogP contribution in [0, 0.1) is 11.8 Å². The summed E-state index contributed by atoms with van der Waals surface area (Å²) in [6.45, 7) is 0. The molecule has 0 unspecified atom stereocenters. The lowest BCUT2D eigenvalue weighted by Gasteiger charge is -2.10. The first-order valence-corrected chi connectivity index (χ1v) is 4.64. The molecule has 0 aliphatic heterocycles. The van der Waals surface area contributed by atoms with Crippen molar-refractivity contribution in [3.05, 3.63) is 23.8 Å². The van der Waals surface area contributed by atoms with E-state index in [2.05, 4.69) is 16.6 Å². The van der Waals surface area contributed by atoms with E-state index >= 15 is 0 Å². The molecule has 0 fully saturated rings. The van der Waals surface area contributed by atoms with Gasteiger partial charge in [0, 0.05) is 5.56 Å². The van der Waals surface area contributed by atoms with Crippen LogP contribution < -0.4 is 10.5 Å². The predicted octanol–water partition coefficient (Wildman–Crippen LogP) is 1.99. The molecule has 4 nitrogen and oxygen atoms in total. The van der Waals surface area contributed by atoms with Gasteiger partial charge < -0.3 is 15.6 Å². The molecule has 0 aliphatic rings. The Kier molecular flexibility index (Phi) is 4.05. The van der Waals surface area contributed by atoms with E-state index in [0.29, 0.717) is 5.56 Å². The summed E-state index contributed by atoms with van der Waals surface area (Å²) in [5.41, 5.74) is 5.43. The van der Waals surface area contributed by atoms with E-state index in [1.54, 1.807) is 0 Å². The summed E-state index contributed by atoms with van der Waals surface area (Å²) in [5, 5.41) is 8.35. The van der Waals surface area contributed by atoms with Crippen LogP contribution in [0.5, 0.6) is 5.75 Å². The molecule has 0 aliphatic carbocycles. The van der Waals surface area contributed by atoms with E-state index < -0.39 is 18.1 Å². The first-order valence-electron chi connectivity index (χ1n) is 4.64. The normalized spacial score (nSPS) is 10.4. The van der Waals surface area contributed by atoms with Crippen molar-refractivity contribution in [3.63, 3.8) is 0 Å². The molecule has 18 heavy (non-hydrogen) atoms. The number of aliphatic carboxylic acids is 1. The third-order valence-corrected chi connectivity index (χ3v) is 1.71. The van der Waals surface area contributed by atoms with E-state index in [4.69, 9.17) is 10.8 Å². The van der Waals surface area contributed by atoms with Crippen molar-refractivity contribution in [2.24, 2.45) is 0 Å². The van der Waals surface area contributed by atoms with Gasteiger partial charge >= 0.3 is 12.3 Å². The Morgan fingerprint density at radius 1 is 1.44 bits per heavy atom. The minimum Gasteiger partial charge on any atom is -0.481 e. The highest BCUT2D eigenvalue weighted by atomic mass is 19.4. The van der Waals surface area contributed by atoms with Crippen molar-refractivity contribution in [3.8, 4) is 17.6 Å². The van der Waals surface area contributed by atoms with Gasteiger partial charge in [-0.3, -0.25) is 4.79 Å². The third-order valence-electron chi connectivity index (χ3n) is 1.71. The van der Waals surface area contributed by atoms with E-state index in [1.165, 1.54) is 12.1 Å². The van der Waals surface area contributed by atoms with Crippen LogP contribution in [-0.2, 0) is 4.79 Å². The van der Waals surface area contributed by atoms with Crippen LogP contribution in [0.2, 0.25) is 0 Å². The van der Waals surface area contributed by atoms with Crippen molar-refractivity contribution < 1.29 is 27.8 Å². The fourth-order valence-corrected chi connectivity index (χ4v) is 1.07. The summed E-state index contributed by atoms with van der Waals surface area (Å²) in [7, 11) is 0. The molecule has 0 amide bonds. The molecule has 0 atom stereocenters. The highest BCUT2D eigenvalue weighted by Crippen LogP contribution is 2.28. The number of alkyl halides is 3. The number of carboxylic acids is 1. The van der Waals surface area contributed by atoms with Crippen LogP contribution in [0.3, 0.4) is 0 Å². The summed E-state index contributed by atoms with van der Waals surface area (Å²) >= 11 is 0. The van der Waals surface area contributed by atoms with E-state index in [-0.39, 0.29) is 12.1 Å². The van der Waals surface area contributed by atoms with Crippen LogP contribution in [0.1, 0.15) is 12.0 Å². The Labute approximate surface area is 100 Å². The van der Waals surface area contributed by atoms with Crippen LogP contribution >= 0.6 is 0 Å². The van der Waals surface area contributed by atoms with E-state index in [0.717, 1.165) is 6.07 Å². The van der Waals surface area contributed by atoms with Gasteiger partial charge in [0.2, 0.25) is 0 Å². The fraction of sp³-hybridized carbons (Fsp3) is 0.182. The second kappa shape index (κ2) is 5.31. The summed E-state index contributed by atoms with van der Waals surface area (Å²) in [5.74, 6) is 3.17. The minimum atomic E-state index is -4.81. The molecule has 7 heteroatoms. The van der Waals surface area contributed by atoms with E-state index in [1.807, 2.05) is 0 Å². The number of benzene rings is 1. The number of nitrogens with two attached hydrogens (primary N) is 1. The molecule has 0 spiro atoms. The van der Waals surface area contributed by atoms with Crippen molar-refractivity contribution in [2.45, 2.75) is 12.8 Å². The maximum Gasteiger partial charge on any atom is 0.573 e. The topological polar surface area (TPSA) is 72.6 Å². The number of ether oxygens (including phenoxy) is 1. The monoisotopic (exact) mass is 259 g/mol. The first-order chi connectivity index (χ1) is 8.28. The summed E-state index contributed by atoms with van der Waals surface area (Å²) in [4.78, 5) is 10.2. The zero-order chi connectivity index (χ0) is 13.8. The summed E-state index contributed by atoms with van der Waals surface area (Å²) in [6.07, 6.45) is -5.18. The van der Waals surface area contributed by atoms with Crippen LogP contribution in [0.4, 0.5) is 18.9 Å². The highest BCUT2D eigenvalue weighted by Gasteiger charge is 2.31. The second-order valence-electron chi connectivity index (χ2n) is 3.17. The Hall–Kier alpha value is -2.36. The second-order valence-corrected chi connectivity index (χ2v) is 3.17. The average Bonchev–Trinajstić information content (AvgIpc) is 2.19. The van der Waals surface area contributed by atoms with Crippen molar-refractivity contribution in [1.29, 1.82) is 0 Å². The number of carbonyl (C=O) groups is 1. The summed E-state index contributed by atoms with van der Waals surface area (Å²) < 4.78 is 39.5. The zero-order valence-corrected chi connectivity index (χ0v) is 8.91. The van der Waals surface area contributed by atoms with Gasteiger partial charge in [0.05, 0.1) is 5.69 Å². The van der Waals surface area contributed by atoms with Gasteiger partial charge in [-0.2, -0.15) is 0 Å².